The molecule has 0 spiro atoms. The van der Waals surface area contributed by atoms with E-state index in [0.29, 0.717) is 32.2 Å². The number of alkyl halides is 3. The van der Waals surface area contributed by atoms with Gasteiger partial charge in [0.15, 0.2) is 6.29 Å². The van der Waals surface area contributed by atoms with E-state index in [1.165, 1.54) is 0 Å². The third kappa shape index (κ3) is 11.8. The number of hydrogen-bond acceptors (Lipinski definition) is 9. The van der Waals surface area contributed by atoms with Gasteiger partial charge in [-0.1, -0.05) is 12.8 Å². The van der Waals surface area contributed by atoms with Crippen molar-refractivity contribution in [1.82, 2.24) is 16.0 Å². The number of nitrogens with one attached hydrogen (secondary N) is 3. The third-order valence-corrected chi connectivity index (χ3v) is 5.12. The summed E-state index contributed by atoms with van der Waals surface area (Å²) in [5.41, 5.74) is 0. The number of carbonyl (C=O) groups is 3. The maximum Gasteiger partial charge on any atom is 0.471 e. The van der Waals surface area contributed by atoms with E-state index in [1.807, 2.05) is 13.8 Å². The molecule has 0 bridgehead atoms. The monoisotopic (exact) mass is 531 g/mol. The average molecular weight is 532 g/mol. The van der Waals surface area contributed by atoms with E-state index >= 15 is 0 Å². The zero-order valence-electron chi connectivity index (χ0n) is 20.3. The van der Waals surface area contributed by atoms with Gasteiger partial charge in [-0.25, -0.2) is 0 Å². The van der Waals surface area contributed by atoms with Crippen LogP contribution < -0.4 is 16.0 Å². The highest BCUT2D eigenvalue weighted by Crippen LogP contribution is 2.24. The fourth-order valence-corrected chi connectivity index (χ4v) is 3.18. The summed E-state index contributed by atoms with van der Waals surface area (Å²) in [6, 6.07) is -1.71. The van der Waals surface area contributed by atoms with Gasteiger partial charge in [-0.15, -0.1) is 0 Å². The van der Waals surface area contributed by atoms with Gasteiger partial charge in [0.1, 0.15) is 37.5 Å². The third-order valence-electron chi connectivity index (χ3n) is 5.12. The van der Waals surface area contributed by atoms with Crippen LogP contribution in [-0.2, 0) is 28.6 Å². The van der Waals surface area contributed by atoms with E-state index in [2.05, 4.69) is 10.6 Å². The van der Waals surface area contributed by atoms with Crippen LogP contribution in [0.4, 0.5) is 13.2 Å². The molecule has 0 aromatic rings. The van der Waals surface area contributed by atoms with Gasteiger partial charge in [0.25, 0.3) is 0 Å². The number of amides is 3. The maximum atomic E-state index is 12.6. The molecule has 1 aliphatic heterocycles. The SMILES string of the molecule is CC(C)OCNC(=O)CC(=O)NCCCCCCOC1OC(CO)C(O)C(O)C1NC(=O)C(F)(F)F. The van der Waals surface area contributed by atoms with Crippen LogP contribution in [0.25, 0.3) is 0 Å². The fraction of sp³-hybridized carbons (Fsp3) is 0.857. The van der Waals surface area contributed by atoms with Gasteiger partial charge < -0.3 is 45.5 Å². The van der Waals surface area contributed by atoms with E-state index in [0.717, 1.165) is 0 Å². The predicted octanol–water partition coefficient (Wildman–Crippen LogP) is -0.945. The summed E-state index contributed by atoms with van der Waals surface area (Å²) in [4.78, 5) is 34.6. The normalized spacial score (nSPS) is 24.4. The molecule has 12 nitrogen and oxygen atoms in total. The number of hydrogen-bond donors (Lipinski definition) is 6. The van der Waals surface area contributed by atoms with Crippen molar-refractivity contribution in [2.75, 3.05) is 26.5 Å². The minimum Gasteiger partial charge on any atom is -0.394 e. The van der Waals surface area contributed by atoms with Gasteiger partial charge in [-0.05, 0) is 26.7 Å². The van der Waals surface area contributed by atoms with Crippen LogP contribution in [0, 0.1) is 0 Å². The molecule has 0 aliphatic carbocycles. The number of aliphatic hydroxyl groups excluding tert-OH is 3. The van der Waals surface area contributed by atoms with Crippen molar-refractivity contribution >= 4 is 17.7 Å². The maximum absolute atomic E-state index is 12.6. The molecule has 6 N–H and O–H groups in total. The molecule has 1 rings (SSSR count). The van der Waals surface area contributed by atoms with Gasteiger partial charge >= 0.3 is 12.1 Å². The van der Waals surface area contributed by atoms with Gasteiger partial charge in [0.05, 0.1) is 12.7 Å². The standard InChI is InChI=1S/C21H36F3N3O9/c1-12(2)35-11-26-15(30)9-14(29)25-7-5-3-4-6-8-34-19-16(27-20(33)21(22,23)24)18(32)17(31)13(10-28)36-19/h12-13,16-19,28,31-32H,3-11H2,1-2H3,(H,25,29)(H,26,30)(H,27,33). The van der Waals surface area contributed by atoms with E-state index in [4.69, 9.17) is 14.2 Å². The highest BCUT2D eigenvalue weighted by atomic mass is 19.4. The van der Waals surface area contributed by atoms with Crippen LogP contribution in [0.2, 0.25) is 0 Å². The van der Waals surface area contributed by atoms with Crippen molar-refractivity contribution < 1.29 is 57.1 Å². The molecule has 5 unspecified atom stereocenters. The Kier molecular flexibility index (Phi) is 14.2. The summed E-state index contributed by atoms with van der Waals surface area (Å²) in [6.45, 7) is 3.26. The van der Waals surface area contributed by atoms with Gasteiger partial charge in [0.2, 0.25) is 11.8 Å². The molecule has 0 aromatic heterocycles. The first-order valence-electron chi connectivity index (χ1n) is 11.6. The minimum atomic E-state index is -5.22. The van der Waals surface area contributed by atoms with Crippen LogP contribution in [0.1, 0.15) is 46.0 Å². The lowest BCUT2D eigenvalue weighted by atomic mass is 9.97. The highest BCUT2D eigenvalue weighted by Gasteiger charge is 2.49. The molecule has 3 amide bonds. The first-order chi connectivity index (χ1) is 16.9. The molecule has 36 heavy (non-hydrogen) atoms. The Morgan fingerprint density at radius 1 is 1.00 bits per heavy atom. The predicted molar refractivity (Wildman–Crippen MR) is 117 cm³/mol. The van der Waals surface area contributed by atoms with Crippen LogP contribution in [-0.4, -0.2) is 102 Å². The molecule has 1 heterocycles. The second-order valence-electron chi connectivity index (χ2n) is 8.48. The molecule has 0 saturated carbocycles. The molecule has 1 saturated heterocycles. The van der Waals surface area contributed by atoms with Gasteiger partial charge in [-0.3, -0.25) is 14.4 Å². The Morgan fingerprint density at radius 3 is 2.25 bits per heavy atom. The molecule has 5 atom stereocenters. The van der Waals surface area contributed by atoms with Crippen molar-refractivity contribution in [1.29, 1.82) is 0 Å². The fourth-order valence-electron chi connectivity index (χ4n) is 3.18. The van der Waals surface area contributed by atoms with E-state index in [-0.39, 0.29) is 25.9 Å². The van der Waals surface area contributed by atoms with Crippen molar-refractivity contribution in [3.63, 3.8) is 0 Å². The molecule has 0 radical (unpaired) electrons. The Bertz CT molecular complexity index is 697. The lowest BCUT2D eigenvalue weighted by Crippen LogP contribution is -2.65. The summed E-state index contributed by atoms with van der Waals surface area (Å²) in [5, 5.41) is 35.9. The van der Waals surface area contributed by atoms with E-state index in [9.17, 15) is 42.9 Å². The molecular formula is C21H36F3N3O9. The number of halogens is 3. The Morgan fingerprint density at radius 2 is 1.64 bits per heavy atom. The summed E-state index contributed by atoms with van der Waals surface area (Å²) in [6.07, 6.45) is -9.69. The van der Waals surface area contributed by atoms with Crippen LogP contribution in [0.15, 0.2) is 0 Å². The second-order valence-corrected chi connectivity index (χ2v) is 8.48. The molecule has 0 aromatic carbocycles. The Labute approximate surface area is 206 Å². The average Bonchev–Trinajstić information content (AvgIpc) is 2.78. The molecule has 1 aliphatic rings. The van der Waals surface area contributed by atoms with E-state index in [1.54, 1.807) is 5.32 Å². The quantitative estimate of drug-likeness (QED) is 0.0884. The Balaban J connectivity index is 2.31. The number of unbranched alkanes of at least 4 members (excludes halogenated alkanes) is 3. The van der Waals surface area contributed by atoms with E-state index < -0.39 is 61.1 Å². The van der Waals surface area contributed by atoms with Crippen molar-refractivity contribution in [3.8, 4) is 0 Å². The Hall–Kier alpha value is -2.04. The number of carbonyl (C=O) groups excluding carboxylic acids is 3. The van der Waals surface area contributed by atoms with Crippen molar-refractivity contribution in [3.05, 3.63) is 0 Å². The smallest absolute Gasteiger partial charge is 0.394 e. The van der Waals surface area contributed by atoms with Gasteiger partial charge in [0, 0.05) is 13.2 Å². The highest BCUT2D eigenvalue weighted by molar-refractivity contribution is 5.96. The second kappa shape index (κ2) is 15.9. The first kappa shape index (κ1) is 32.0. The molecular weight excluding hydrogens is 495 g/mol. The molecule has 15 heteroatoms. The van der Waals surface area contributed by atoms with Crippen LogP contribution in [0.5, 0.6) is 0 Å². The van der Waals surface area contributed by atoms with Crippen molar-refractivity contribution in [2.24, 2.45) is 0 Å². The first-order valence-corrected chi connectivity index (χ1v) is 11.6. The van der Waals surface area contributed by atoms with Gasteiger partial charge in [-0.2, -0.15) is 13.2 Å². The van der Waals surface area contributed by atoms with Crippen LogP contribution in [0.3, 0.4) is 0 Å². The summed E-state index contributed by atoms with van der Waals surface area (Å²) < 4.78 is 53.6. The summed E-state index contributed by atoms with van der Waals surface area (Å²) in [5.74, 6) is -3.22. The lowest BCUT2D eigenvalue weighted by molar-refractivity contribution is -0.272. The van der Waals surface area contributed by atoms with Crippen LogP contribution >= 0.6 is 0 Å². The largest absolute Gasteiger partial charge is 0.471 e. The zero-order valence-corrected chi connectivity index (χ0v) is 20.3. The number of ether oxygens (including phenoxy) is 3. The van der Waals surface area contributed by atoms with Crippen molar-refractivity contribution in [2.45, 2.75) is 88.9 Å². The zero-order chi connectivity index (χ0) is 27.3. The molecule has 210 valence electrons. The number of aliphatic hydroxyl groups is 3. The number of rotatable bonds is 15. The lowest BCUT2D eigenvalue weighted by Gasteiger charge is -2.42. The minimum absolute atomic E-state index is 0.00496. The topological polar surface area (TPSA) is 176 Å². The molecule has 1 fully saturated rings. The summed E-state index contributed by atoms with van der Waals surface area (Å²) >= 11 is 0. The summed E-state index contributed by atoms with van der Waals surface area (Å²) in [7, 11) is 0.